The SMILES string of the molecule is O=C(c1cnc(NCCc2cccc(Cl)c2)cn1)N1CCCCC1. The molecular weight excluding hydrogens is 324 g/mol. The average molecular weight is 345 g/mol. The summed E-state index contributed by atoms with van der Waals surface area (Å²) in [7, 11) is 0. The molecule has 1 aromatic heterocycles. The first-order valence-electron chi connectivity index (χ1n) is 8.32. The Kier molecular flexibility index (Phi) is 5.64. The van der Waals surface area contributed by atoms with Crippen molar-refractivity contribution in [2.24, 2.45) is 0 Å². The van der Waals surface area contributed by atoms with Crippen LogP contribution in [0.2, 0.25) is 5.02 Å². The number of rotatable bonds is 5. The zero-order valence-electron chi connectivity index (χ0n) is 13.5. The van der Waals surface area contributed by atoms with Gasteiger partial charge in [0.1, 0.15) is 11.5 Å². The first-order chi connectivity index (χ1) is 11.7. The van der Waals surface area contributed by atoms with Crippen molar-refractivity contribution in [3.8, 4) is 0 Å². The van der Waals surface area contributed by atoms with E-state index in [0.29, 0.717) is 11.5 Å². The van der Waals surface area contributed by atoms with Crippen molar-refractivity contribution in [1.82, 2.24) is 14.9 Å². The fourth-order valence-electron chi connectivity index (χ4n) is 2.82. The third kappa shape index (κ3) is 4.45. The van der Waals surface area contributed by atoms with E-state index in [4.69, 9.17) is 11.6 Å². The monoisotopic (exact) mass is 344 g/mol. The van der Waals surface area contributed by atoms with Gasteiger partial charge in [-0.25, -0.2) is 9.97 Å². The Morgan fingerprint density at radius 2 is 2.00 bits per heavy atom. The van der Waals surface area contributed by atoms with Crippen LogP contribution in [-0.2, 0) is 6.42 Å². The fourth-order valence-corrected chi connectivity index (χ4v) is 3.03. The van der Waals surface area contributed by atoms with Crippen LogP contribution in [0.15, 0.2) is 36.7 Å². The molecule has 1 aliphatic rings. The molecule has 1 amide bonds. The number of carbonyl (C=O) groups excluding carboxylic acids is 1. The summed E-state index contributed by atoms with van der Waals surface area (Å²) in [6, 6.07) is 7.80. The van der Waals surface area contributed by atoms with Crippen LogP contribution in [0.5, 0.6) is 0 Å². The van der Waals surface area contributed by atoms with Gasteiger partial charge in [0.25, 0.3) is 5.91 Å². The van der Waals surface area contributed by atoms with Crippen molar-refractivity contribution < 1.29 is 4.79 Å². The molecule has 126 valence electrons. The second kappa shape index (κ2) is 8.11. The van der Waals surface area contributed by atoms with Gasteiger partial charge in [-0.1, -0.05) is 23.7 Å². The number of likely N-dealkylation sites (tertiary alicyclic amines) is 1. The van der Waals surface area contributed by atoms with Crippen molar-refractivity contribution in [2.45, 2.75) is 25.7 Å². The molecule has 2 aromatic rings. The van der Waals surface area contributed by atoms with E-state index in [1.807, 2.05) is 29.2 Å². The van der Waals surface area contributed by atoms with Crippen molar-refractivity contribution in [3.63, 3.8) is 0 Å². The van der Waals surface area contributed by atoms with Crippen LogP contribution in [-0.4, -0.2) is 40.4 Å². The topological polar surface area (TPSA) is 58.1 Å². The highest BCUT2D eigenvalue weighted by molar-refractivity contribution is 6.30. The minimum Gasteiger partial charge on any atom is -0.368 e. The lowest BCUT2D eigenvalue weighted by Gasteiger charge is -2.26. The van der Waals surface area contributed by atoms with Crippen molar-refractivity contribution in [3.05, 3.63) is 52.9 Å². The third-order valence-electron chi connectivity index (χ3n) is 4.12. The van der Waals surface area contributed by atoms with Gasteiger partial charge in [-0.15, -0.1) is 0 Å². The largest absolute Gasteiger partial charge is 0.368 e. The molecule has 1 fully saturated rings. The summed E-state index contributed by atoms with van der Waals surface area (Å²) in [5.74, 6) is 0.653. The predicted molar refractivity (Wildman–Crippen MR) is 95.4 cm³/mol. The highest BCUT2D eigenvalue weighted by atomic mass is 35.5. The van der Waals surface area contributed by atoms with E-state index in [0.717, 1.165) is 43.9 Å². The zero-order chi connectivity index (χ0) is 16.8. The molecule has 2 heterocycles. The van der Waals surface area contributed by atoms with Crippen molar-refractivity contribution in [1.29, 1.82) is 0 Å². The first kappa shape index (κ1) is 16.7. The molecule has 1 aliphatic heterocycles. The normalized spacial score (nSPS) is 14.5. The summed E-state index contributed by atoms with van der Waals surface area (Å²) in [6.07, 6.45) is 7.36. The van der Waals surface area contributed by atoms with Gasteiger partial charge in [-0.05, 0) is 43.4 Å². The highest BCUT2D eigenvalue weighted by Gasteiger charge is 2.19. The second-order valence-corrected chi connectivity index (χ2v) is 6.38. The van der Waals surface area contributed by atoms with Gasteiger partial charge < -0.3 is 10.2 Å². The third-order valence-corrected chi connectivity index (χ3v) is 4.36. The van der Waals surface area contributed by atoms with Gasteiger partial charge in [-0.3, -0.25) is 4.79 Å². The van der Waals surface area contributed by atoms with Gasteiger partial charge in [0.15, 0.2) is 0 Å². The number of hydrogen-bond donors (Lipinski definition) is 1. The van der Waals surface area contributed by atoms with Crippen LogP contribution < -0.4 is 5.32 Å². The molecule has 1 N–H and O–H groups in total. The molecule has 0 unspecified atom stereocenters. The van der Waals surface area contributed by atoms with Crippen molar-refractivity contribution >= 4 is 23.3 Å². The summed E-state index contributed by atoms with van der Waals surface area (Å²) in [5.41, 5.74) is 1.58. The van der Waals surface area contributed by atoms with Crippen LogP contribution in [0.4, 0.5) is 5.82 Å². The van der Waals surface area contributed by atoms with E-state index < -0.39 is 0 Å². The highest BCUT2D eigenvalue weighted by Crippen LogP contribution is 2.13. The number of piperidine rings is 1. The molecular formula is C18H21ClN4O. The summed E-state index contributed by atoms with van der Waals surface area (Å²) in [4.78, 5) is 22.7. The minimum absolute atomic E-state index is 0.0207. The summed E-state index contributed by atoms with van der Waals surface area (Å²) in [5, 5.41) is 3.96. The minimum atomic E-state index is -0.0207. The van der Waals surface area contributed by atoms with Crippen molar-refractivity contribution in [2.75, 3.05) is 25.0 Å². The zero-order valence-corrected chi connectivity index (χ0v) is 14.3. The van der Waals surface area contributed by atoms with Gasteiger partial charge in [0.2, 0.25) is 0 Å². The number of anilines is 1. The summed E-state index contributed by atoms with van der Waals surface area (Å²) >= 11 is 5.97. The van der Waals surface area contributed by atoms with Crippen LogP contribution in [0.25, 0.3) is 0 Å². The lowest BCUT2D eigenvalue weighted by molar-refractivity contribution is 0.0718. The van der Waals surface area contributed by atoms with Crippen LogP contribution >= 0.6 is 11.6 Å². The molecule has 0 atom stereocenters. The van der Waals surface area contributed by atoms with Gasteiger partial charge in [0.05, 0.1) is 12.4 Å². The van der Waals surface area contributed by atoms with Crippen LogP contribution in [0, 0.1) is 0 Å². The van der Waals surface area contributed by atoms with E-state index >= 15 is 0 Å². The molecule has 1 saturated heterocycles. The number of carbonyl (C=O) groups is 1. The van der Waals surface area contributed by atoms with Crippen LogP contribution in [0.1, 0.15) is 35.3 Å². The second-order valence-electron chi connectivity index (χ2n) is 5.95. The number of hydrogen-bond acceptors (Lipinski definition) is 4. The maximum absolute atomic E-state index is 12.3. The van der Waals surface area contributed by atoms with Crippen LogP contribution in [0.3, 0.4) is 0 Å². The number of nitrogens with zero attached hydrogens (tertiary/aromatic N) is 3. The Balaban J connectivity index is 1.51. The first-order valence-corrected chi connectivity index (χ1v) is 8.70. The number of nitrogens with one attached hydrogen (secondary N) is 1. The van der Waals surface area contributed by atoms with E-state index in [1.54, 1.807) is 12.4 Å². The predicted octanol–water partition coefficient (Wildman–Crippen LogP) is 3.41. The molecule has 3 rings (SSSR count). The lowest BCUT2D eigenvalue weighted by atomic mass is 10.1. The number of benzene rings is 1. The fraction of sp³-hybridized carbons (Fsp3) is 0.389. The molecule has 0 spiro atoms. The average Bonchev–Trinajstić information content (AvgIpc) is 2.63. The smallest absolute Gasteiger partial charge is 0.274 e. The molecule has 5 nitrogen and oxygen atoms in total. The molecule has 1 aromatic carbocycles. The standard InChI is InChI=1S/C18H21ClN4O/c19-15-6-4-5-14(11-15)7-8-20-17-13-21-16(12-22-17)18(24)23-9-2-1-3-10-23/h4-6,11-13H,1-3,7-10H2,(H,20,22). The molecule has 0 radical (unpaired) electrons. The summed E-state index contributed by atoms with van der Waals surface area (Å²) in [6.45, 7) is 2.37. The van der Waals surface area contributed by atoms with Gasteiger partial charge in [-0.2, -0.15) is 0 Å². The quantitative estimate of drug-likeness (QED) is 0.903. The van der Waals surface area contributed by atoms with E-state index in [-0.39, 0.29) is 5.91 Å². The number of amides is 1. The Morgan fingerprint density at radius 1 is 1.17 bits per heavy atom. The lowest BCUT2D eigenvalue weighted by Crippen LogP contribution is -2.36. The number of halogens is 1. The maximum atomic E-state index is 12.3. The van der Waals surface area contributed by atoms with Gasteiger partial charge >= 0.3 is 0 Å². The van der Waals surface area contributed by atoms with Gasteiger partial charge in [0, 0.05) is 24.7 Å². The van der Waals surface area contributed by atoms with E-state index in [9.17, 15) is 4.79 Å². The molecule has 24 heavy (non-hydrogen) atoms. The van der Waals surface area contributed by atoms with E-state index in [1.165, 1.54) is 12.0 Å². The molecule has 6 heteroatoms. The maximum Gasteiger partial charge on any atom is 0.274 e. The molecule has 0 bridgehead atoms. The summed E-state index contributed by atoms with van der Waals surface area (Å²) < 4.78 is 0. The number of aromatic nitrogens is 2. The Hall–Kier alpha value is -2.14. The Labute approximate surface area is 147 Å². The Morgan fingerprint density at radius 3 is 2.71 bits per heavy atom. The molecule has 0 saturated carbocycles. The Bertz CT molecular complexity index is 684. The van der Waals surface area contributed by atoms with E-state index in [2.05, 4.69) is 15.3 Å². The molecule has 0 aliphatic carbocycles.